The molecule has 0 unspecified atom stereocenters. The molecule has 7 nitrogen and oxygen atoms in total. The van der Waals surface area contributed by atoms with Crippen LogP contribution in [0.2, 0.25) is 0 Å². The predicted octanol–water partition coefficient (Wildman–Crippen LogP) is 3.85. The molecule has 0 bridgehead atoms. The van der Waals surface area contributed by atoms with Gasteiger partial charge in [-0.25, -0.2) is 15.0 Å². The summed E-state index contributed by atoms with van der Waals surface area (Å²) in [6.45, 7) is 6.31. The van der Waals surface area contributed by atoms with Gasteiger partial charge in [-0.05, 0) is 44.7 Å². The molecule has 7 heteroatoms. The van der Waals surface area contributed by atoms with Crippen LogP contribution in [0.25, 0.3) is 28.1 Å². The minimum Gasteiger partial charge on any atom is -0.356 e. The van der Waals surface area contributed by atoms with E-state index in [1.807, 2.05) is 35.7 Å². The Morgan fingerprint density at radius 2 is 1.43 bits per heavy atom. The highest BCUT2D eigenvalue weighted by molar-refractivity contribution is 5.78. The molecule has 2 aliphatic heterocycles. The maximum absolute atomic E-state index is 4.98. The molecule has 2 aliphatic rings. The molecule has 2 fully saturated rings. The third-order valence-electron chi connectivity index (χ3n) is 6.24. The Balaban J connectivity index is 1.52. The van der Waals surface area contributed by atoms with Crippen LogP contribution in [0, 0.1) is 6.92 Å². The zero-order chi connectivity index (χ0) is 20.1. The van der Waals surface area contributed by atoms with Crippen molar-refractivity contribution >= 4 is 28.3 Å². The van der Waals surface area contributed by atoms with Crippen LogP contribution in [-0.2, 0) is 0 Å². The zero-order valence-electron chi connectivity index (χ0n) is 17.3. The second-order valence-electron chi connectivity index (χ2n) is 8.31. The molecule has 4 aromatic rings. The number of hydrogen-bond donors (Lipinski definition) is 0. The van der Waals surface area contributed by atoms with Crippen molar-refractivity contribution in [1.29, 1.82) is 0 Å². The van der Waals surface area contributed by atoms with Gasteiger partial charge in [0, 0.05) is 38.3 Å². The average Bonchev–Trinajstić information content (AvgIpc) is 3.54. The van der Waals surface area contributed by atoms with Crippen LogP contribution in [0.1, 0.15) is 31.4 Å². The Hall–Kier alpha value is -3.22. The van der Waals surface area contributed by atoms with Gasteiger partial charge in [-0.1, -0.05) is 12.1 Å². The Morgan fingerprint density at radius 3 is 2.17 bits per heavy atom. The summed E-state index contributed by atoms with van der Waals surface area (Å²) in [6, 6.07) is 12.3. The molecule has 1 aromatic carbocycles. The Kier molecular flexibility index (Phi) is 4.07. The van der Waals surface area contributed by atoms with Gasteiger partial charge in [0.15, 0.2) is 5.65 Å². The zero-order valence-corrected chi connectivity index (χ0v) is 17.3. The topological polar surface area (TPSA) is 62.5 Å². The first-order valence-electron chi connectivity index (χ1n) is 10.9. The predicted molar refractivity (Wildman–Crippen MR) is 119 cm³/mol. The minimum absolute atomic E-state index is 0.828. The summed E-state index contributed by atoms with van der Waals surface area (Å²) in [7, 11) is 0. The molecule has 0 spiro atoms. The van der Waals surface area contributed by atoms with Gasteiger partial charge in [0.1, 0.15) is 23.0 Å². The number of benzene rings is 1. The number of aromatic nitrogens is 5. The summed E-state index contributed by atoms with van der Waals surface area (Å²) in [4.78, 5) is 19.4. The largest absolute Gasteiger partial charge is 0.356 e. The number of nitrogens with zero attached hydrogens (tertiary/aromatic N) is 7. The van der Waals surface area contributed by atoms with Gasteiger partial charge in [0.25, 0.3) is 0 Å². The highest BCUT2D eigenvalue weighted by Gasteiger charge is 2.22. The molecule has 3 aromatic heterocycles. The van der Waals surface area contributed by atoms with Crippen molar-refractivity contribution in [1.82, 2.24) is 24.6 Å². The summed E-state index contributed by atoms with van der Waals surface area (Å²) < 4.78 is 2.00. The fraction of sp³-hybridized carbons (Fsp3) is 0.391. The summed E-state index contributed by atoms with van der Waals surface area (Å²) in [5, 5.41) is 4.95. The lowest BCUT2D eigenvalue weighted by Gasteiger charge is -2.22. The van der Waals surface area contributed by atoms with Gasteiger partial charge < -0.3 is 9.80 Å². The van der Waals surface area contributed by atoms with E-state index in [0.29, 0.717) is 0 Å². The van der Waals surface area contributed by atoms with E-state index in [0.717, 1.165) is 71.6 Å². The fourth-order valence-electron chi connectivity index (χ4n) is 4.67. The molecule has 5 heterocycles. The van der Waals surface area contributed by atoms with E-state index < -0.39 is 0 Å². The summed E-state index contributed by atoms with van der Waals surface area (Å²) in [6.07, 6.45) is 4.93. The third-order valence-corrected chi connectivity index (χ3v) is 6.24. The van der Waals surface area contributed by atoms with Crippen LogP contribution >= 0.6 is 0 Å². The molecule has 152 valence electrons. The van der Waals surface area contributed by atoms with Crippen LogP contribution in [0.3, 0.4) is 0 Å². The lowest BCUT2D eigenvalue weighted by molar-refractivity contribution is 0.840. The van der Waals surface area contributed by atoms with E-state index in [1.165, 1.54) is 25.7 Å². The number of aryl methyl sites for hydroxylation is 1. The number of rotatable bonds is 3. The monoisotopic (exact) mass is 399 g/mol. The molecule has 0 N–H and O–H groups in total. The maximum atomic E-state index is 4.98. The SMILES string of the molecule is Cc1nc2ccccc2nc1-c1cc2nc(N3CCCC3)cc(N3CCCC3)n2n1. The van der Waals surface area contributed by atoms with E-state index in [1.54, 1.807) is 0 Å². The van der Waals surface area contributed by atoms with Crippen LogP contribution in [0.15, 0.2) is 36.4 Å². The lowest BCUT2D eigenvalue weighted by atomic mass is 10.2. The van der Waals surface area contributed by atoms with Crippen LogP contribution in [-0.4, -0.2) is 50.7 Å². The van der Waals surface area contributed by atoms with Crippen molar-refractivity contribution in [3.63, 3.8) is 0 Å². The molecule has 0 radical (unpaired) electrons. The summed E-state index contributed by atoms with van der Waals surface area (Å²) >= 11 is 0. The van der Waals surface area contributed by atoms with Gasteiger partial charge >= 0.3 is 0 Å². The second kappa shape index (κ2) is 6.93. The van der Waals surface area contributed by atoms with Gasteiger partial charge in [-0.3, -0.25) is 0 Å². The van der Waals surface area contributed by atoms with E-state index >= 15 is 0 Å². The smallest absolute Gasteiger partial charge is 0.160 e. The summed E-state index contributed by atoms with van der Waals surface area (Å²) in [5.74, 6) is 2.20. The Morgan fingerprint density at radius 1 is 0.767 bits per heavy atom. The molecular formula is C23H25N7. The normalized spacial score (nSPS) is 17.0. The van der Waals surface area contributed by atoms with Gasteiger partial charge in [-0.2, -0.15) is 9.61 Å². The first kappa shape index (κ1) is 17.6. The van der Waals surface area contributed by atoms with E-state index in [2.05, 4.69) is 21.9 Å². The van der Waals surface area contributed by atoms with Gasteiger partial charge in [0.05, 0.1) is 16.7 Å². The molecule has 6 rings (SSSR count). The lowest BCUT2D eigenvalue weighted by Crippen LogP contribution is -2.24. The Labute approximate surface area is 175 Å². The molecular weight excluding hydrogens is 374 g/mol. The van der Waals surface area contributed by atoms with Crippen molar-refractivity contribution in [2.45, 2.75) is 32.6 Å². The molecule has 30 heavy (non-hydrogen) atoms. The van der Waals surface area contributed by atoms with Crippen LogP contribution in [0.4, 0.5) is 11.6 Å². The first-order valence-corrected chi connectivity index (χ1v) is 10.9. The molecule has 0 atom stereocenters. The van der Waals surface area contributed by atoms with E-state index in [4.69, 9.17) is 20.1 Å². The Bertz CT molecular complexity index is 1230. The number of fused-ring (bicyclic) bond motifs is 2. The fourth-order valence-corrected chi connectivity index (χ4v) is 4.67. The number of anilines is 2. The minimum atomic E-state index is 0.828. The van der Waals surface area contributed by atoms with Gasteiger partial charge in [0.2, 0.25) is 0 Å². The molecule has 2 saturated heterocycles. The number of hydrogen-bond acceptors (Lipinski definition) is 6. The van der Waals surface area contributed by atoms with E-state index in [-0.39, 0.29) is 0 Å². The molecule has 0 amide bonds. The quantitative estimate of drug-likeness (QED) is 0.521. The van der Waals surface area contributed by atoms with Crippen LogP contribution in [0.5, 0.6) is 0 Å². The number of para-hydroxylation sites is 2. The standard InChI is InChI=1S/C23H25N7/c1-16-23(25-18-9-3-2-8-17(18)24-16)19-14-21-26-20(28-10-4-5-11-28)15-22(30(21)27-19)29-12-6-7-13-29/h2-3,8-9,14-15H,4-7,10-13H2,1H3. The summed E-state index contributed by atoms with van der Waals surface area (Å²) in [5.41, 5.74) is 5.23. The van der Waals surface area contributed by atoms with Crippen molar-refractivity contribution in [2.75, 3.05) is 36.0 Å². The first-order chi connectivity index (χ1) is 14.8. The second-order valence-corrected chi connectivity index (χ2v) is 8.31. The van der Waals surface area contributed by atoms with Crippen molar-refractivity contribution in [3.05, 3.63) is 42.1 Å². The van der Waals surface area contributed by atoms with Crippen LogP contribution < -0.4 is 9.80 Å². The van der Waals surface area contributed by atoms with Gasteiger partial charge in [-0.15, -0.1) is 0 Å². The average molecular weight is 400 g/mol. The molecule has 0 saturated carbocycles. The third kappa shape index (κ3) is 2.88. The highest BCUT2D eigenvalue weighted by Crippen LogP contribution is 2.30. The van der Waals surface area contributed by atoms with Crippen molar-refractivity contribution < 1.29 is 0 Å². The van der Waals surface area contributed by atoms with E-state index in [9.17, 15) is 0 Å². The maximum Gasteiger partial charge on any atom is 0.160 e. The van der Waals surface area contributed by atoms with Crippen molar-refractivity contribution in [2.24, 2.45) is 0 Å². The van der Waals surface area contributed by atoms with Crippen molar-refractivity contribution in [3.8, 4) is 11.4 Å². The molecule has 0 aliphatic carbocycles. The highest BCUT2D eigenvalue weighted by atomic mass is 15.4.